The van der Waals surface area contributed by atoms with Crippen molar-refractivity contribution >= 4 is 34.0 Å². The summed E-state index contributed by atoms with van der Waals surface area (Å²) >= 11 is 5.89. The minimum Gasteiger partial charge on any atom is -0.360 e. The smallest absolute Gasteiger partial charge is 0.271 e. The van der Waals surface area contributed by atoms with E-state index >= 15 is 0 Å². The number of nitrogens with one attached hydrogen (secondary N) is 1. The minimum absolute atomic E-state index is 0.0221. The summed E-state index contributed by atoms with van der Waals surface area (Å²) < 4.78 is 0. The van der Waals surface area contributed by atoms with Gasteiger partial charge in [0.15, 0.2) is 5.78 Å². The Balaban J connectivity index is 2.09. The molecule has 5 nitrogen and oxygen atoms in total. The van der Waals surface area contributed by atoms with Crippen molar-refractivity contribution in [2.24, 2.45) is 0 Å². The van der Waals surface area contributed by atoms with Crippen molar-refractivity contribution < 1.29 is 9.72 Å². The third-order valence-electron chi connectivity index (χ3n) is 3.21. The first-order chi connectivity index (χ1) is 10.1. The number of fused-ring (bicyclic) bond motifs is 1. The van der Waals surface area contributed by atoms with Crippen LogP contribution < -0.4 is 0 Å². The minimum atomic E-state index is -0.473. The van der Waals surface area contributed by atoms with Gasteiger partial charge >= 0.3 is 0 Å². The SMILES string of the molecule is O=C(c1cccc(Cl)c1)c1c[nH]c2cc([N+](=O)[O-])ccc12. The quantitative estimate of drug-likeness (QED) is 0.452. The Morgan fingerprint density at radius 1 is 1.19 bits per heavy atom. The van der Waals surface area contributed by atoms with Crippen LogP contribution in [0.25, 0.3) is 10.9 Å². The van der Waals surface area contributed by atoms with Gasteiger partial charge in [0.05, 0.1) is 10.4 Å². The highest BCUT2D eigenvalue weighted by Crippen LogP contribution is 2.25. The van der Waals surface area contributed by atoms with Crippen LogP contribution in [0.4, 0.5) is 5.69 Å². The van der Waals surface area contributed by atoms with Crippen LogP contribution in [0.1, 0.15) is 15.9 Å². The zero-order chi connectivity index (χ0) is 15.0. The van der Waals surface area contributed by atoms with E-state index in [4.69, 9.17) is 11.6 Å². The Morgan fingerprint density at radius 2 is 2.00 bits per heavy atom. The lowest BCUT2D eigenvalue weighted by molar-refractivity contribution is -0.384. The maximum Gasteiger partial charge on any atom is 0.271 e. The fraction of sp³-hybridized carbons (Fsp3) is 0. The average Bonchev–Trinajstić information content (AvgIpc) is 2.89. The monoisotopic (exact) mass is 300 g/mol. The molecule has 104 valence electrons. The molecule has 21 heavy (non-hydrogen) atoms. The number of nitro groups is 1. The van der Waals surface area contributed by atoms with Crippen molar-refractivity contribution in [3.63, 3.8) is 0 Å². The van der Waals surface area contributed by atoms with Crippen LogP contribution in [0.15, 0.2) is 48.7 Å². The van der Waals surface area contributed by atoms with Gasteiger partial charge in [-0.3, -0.25) is 14.9 Å². The van der Waals surface area contributed by atoms with Crippen molar-refractivity contribution in [3.8, 4) is 0 Å². The number of non-ortho nitro benzene ring substituents is 1. The molecular formula is C15H9ClN2O3. The highest BCUT2D eigenvalue weighted by Gasteiger charge is 2.16. The third kappa shape index (κ3) is 2.39. The van der Waals surface area contributed by atoms with Crippen LogP contribution in [0.2, 0.25) is 5.02 Å². The number of carbonyl (C=O) groups excluding carboxylic acids is 1. The maximum atomic E-state index is 12.5. The topological polar surface area (TPSA) is 76.0 Å². The van der Waals surface area contributed by atoms with Crippen LogP contribution in [0, 0.1) is 10.1 Å². The molecule has 3 aromatic rings. The van der Waals surface area contributed by atoms with Crippen molar-refractivity contribution in [2.75, 3.05) is 0 Å². The Bertz CT molecular complexity index is 870. The van der Waals surface area contributed by atoms with Gasteiger partial charge in [0.25, 0.3) is 5.69 Å². The molecule has 0 fully saturated rings. The van der Waals surface area contributed by atoms with Crippen LogP contribution in [0.5, 0.6) is 0 Å². The van der Waals surface area contributed by atoms with Crippen LogP contribution in [0.3, 0.4) is 0 Å². The molecule has 0 spiro atoms. The number of nitrogens with zero attached hydrogens (tertiary/aromatic N) is 1. The molecule has 0 amide bonds. The van der Waals surface area contributed by atoms with Gasteiger partial charge in [-0.05, 0) is 18.2 Å². The van der Waals surface area contributed by atoms with Crippen LogP contribution in [-0.4, -0.2) is 15.7 Å². The summed E-state index contributed by atoms with van der Waals surface area (Å²) in [6.45, 7) is 0. The lowest BCUT2D eigenvalue weighted by atomic mass is 10.0. The van der Waals surface area contributed by atoms with Gasteiger partial charge in [-0.25, -0.2) is 0 Å². The molecule has 0 atom stereocenters. The number of hydrogen-bond acceptors (Lipinski definition) is 3. The Hall–Kier alpha value is -2.66. The number of aromatic amines is 1. The summed E-state index contributed by atoms with van der Waals surface area (Å²) in [5.74, 6) is -0.183. The molecule has 0 saturated carbocycles. The lowest BCUT2D eigenvalue weighted by Crippen LogP contribution is -2.00. The largest absolute Gasteiger partial charge is 0.360 e. The van der Waals surface area contributed by atoms with Gasteiger partial charge in [0.2, 0.25) is 0 Å². The van der Waals surface area contributed by atoms with E-state index < -0.39 is 4.92 Å². The number of halogens is 1. The van der Waals surface area contributed by atoms with Crippen molar-refractivity contribution in [3.05, 3.63) is 74.9 Å². The predicted octanol–water partition coefficient (Wildman–Crippen LogP) is 3.96. The van der Waals surface area contributed by atoms with Gasteiger partial charge < -0.3 is 4.98 Å². The maximum absolute atomic E-state index is 12.5. The summed E-state index contributed by atoms with van der Waals surface area (Å²) in [6, 6.07) is 11.0. The van der Waals surface area contributed by atoms with E-state index in [-0.39, 0.29) is 11.5 Å². The highest BCUT2D eigenvalue weighted by molar-refractivity contribution is 6.31. The lowest BCUT2D eigenvalue weighted by Gasteiger charge is -2.00. The fourth-order valence-electron chi connectivity index (χ4n) is 2.20. The van der Waals surface area contributed by atoms with Crippen molar-refractivity contribution in [1.82, 2.24) is 4.98 Å². The summed E-state index contributed by atoms with van der Waals surface area (Å²) in [4.78, 5) is 25.7. The summed E-state index contributed by atoms with van der Waals surface area (Å²) in [5, 5.41) is 11.9. The zero-order valence-electron chi connectivity index (χ0n) is 10.7. The first-order valence-corrected chi connectivity index (χ1v) is 6.50. The number of H-pyrrole nitrogens is 1. The number of ketones is 1. The number of benzene rings is 2. The molecule has 0 aliphatic carbocycles. The summed E-state index contributed by atoms with van der Waals surface area (Å²) in [6.07, 6.45) is 1.55. The highest BCUT2D eigenvalue weighted by atomic mass is 35.5. The van der Waals surface area contributed by atoms with E-state index in [0.717, 1.165) is 0 Å². The molecule has 0 saturated heterocycles. The first kappa shape index (κ1) is 13.3. The number of aromatic nitrogens is 1. The van der Waals surface area contributed by atoms with Crippen molar-refractivity contribution in [1.29, 1.82) is 0 Å². The first-order valence-electron chi connectivity index (χ1n) is 6.12. The molecule has 1 N–H and O–H groups in total. The van der Waals surface area contributed by atoms with Gasteiger partial charge in [-0.1, -0.05) is 23.7 Å². The molecule has 0 bridgehead atoms. The second-order valence-electron chi connectivity index (χ2n) is 4.53. The molecule has 0 aliphatic heterocycles. The molecule has 3 rings (SSSR count). The van der Waals surface area contributed by atoms with E-state index in [1.54, 1.807) is 36.5 Å². The molecule has 6 heteroatoms. The fourth-order valence-corrected chi connectivity index (χ4v) is 2.39. The molecule has 1 heterocycles. The molecular weight excluding hydrogens is 292 g/mol. The Morgan fingerprint density at radius 3 is 2.71 bits per heavy atom. The van der Waals surface area contributed by atoms with E-state index in [9.17, 15) is 14.9 Å². The second kappa shape index (κ2) is 5.03. The second-order valence-corrected chi connectivity index (χ2v) is 4.97. The Labute approximate surface area is 124 Å². The zero-order valence-corrected chi connectivity index (χ0v) is 11.4. The molecule has 0 unspecified atom stereocenters. The van der Waals surface area contributed by atoms with Gasteiger partial charge in [0, 0.05) is 39.9 Å². The van der Waals surface area contributed by atoms with Crippen LogP contribution in [-0.2, 0) is 0 Å². The molecule has 0 aliphatic rings. The number of carbonyl (C=O) groups is 1. The standard InChI is InChI=1S/C15H9ClN2O3/c16-10-3-1-2-9(6-10)15(19)13-8-17-14-7-11(18(20)21)4-5-12(13)14/h1-8,17H. The average molecular weight is 301 g/mol. The molecule has 1 aromatic heterocycles. The number of rotatable bonds is 3. The Kier molecular flexibility index (Phi) is 3.19. The van der Waals surface area contributed by atoms with Crippen molar-refractivity contribution in [2.45, 2.75) is 0 Å². The van der Waals surface area contributed by atoms with Gasteiger partial charge in [-0.2, -0.15) is 0 Å². The predicted molar refractivity (Wildman–Crippen MR) is 79.8 cm³/mol. The summed E-state index contributed by atoms with van der Waals surface area (Å²) in [7, 11) is 0. The van der Waals surface area contributed by atoms with Gasteiger partial charge in [-0.15, -0.1) is 0 Å². The van der Waals surface area contributed by atoms with E-state index in [2.05, 4.69) is 4.98 Å². The number of nitro benzene ring substituents is 1. The third-order valence-corrected chi connectivity index (χ3v) is 3.44. The van der Waals surface area contributed by atoms with E-state index in [0.29, 0.717) is 27.1 Å². The number of hydrogen-bond donors (Lipinski definition) is 1. The van der Waals surface area contributed by atoms with E-state index in [1.165, 1.54) is 12.1 Å². The van der Waals surface area contributed by atoms with Gasteiger partial charge in [0.1, 0.15) is 0 Å². The van der Waals surface area contributed by atoms with Crippen LogP contribution >= 0.6 is 11.6 Å². The molecule has 0 radical (unpaired) electrons. The summed E-state index contributed by atoms with van der Waals surface area (Å²) in [5.41, 5.74) is 1.46. The normalized spacial score (nSPS) is 10.7. The molecule has 2 aromatic carbocycles. The van der Waals surface area contributed by atoms with E-state index in [1.807, 2.05) is 0 Å².